The second-order valence-electron chi connectivity index (χ2n) is 7.34. The number of nitrogens with zero attached hydrogens (tertiary/aromatic N) is 4. The summed E-state index contributed by atoms with van der Waals surface area (Å²) in [6, 6.07) is 4.06. The van der Waals surface area contributed by atoms with Crippen molar-refractivity contribution in [2.45, 2.75) is 39.3 Å². The minimum atomic E-state index is -0.515. The molecular weight excluding hydrogens is 360 g/mol. The van der Waals surface area contributed by atoms with Gasteiger partial charge in [-0.2, -0.15) is 0 Å². The lowest BCUT2D eigenvalue weighted by Crippen LogP contribution is -2.32. The van der Waals surface area contributed by atoms with Gasteiger partial charge in [-0.25, -0.2) is 9.97 Å². The number of non-ortho nitro benzene ring substituents is 1. The fourth-order valence-corrected chi connectivity index (χ4v) is 3.43. The lowest BCUT2D eigenvalue weighted by atomic mass is 10.1. The van der Waals surface area contributed by atoms with E-state index in [1.165, 1.54) is 24.5 Å². The second kappa shape index (κ2) is 7.12. The first-order chi connectivity index (χ1) is 13.4. The van der Waals surface area contributed by atoms with Crippen molar-refractivity contribution in [1.82, 2.24) is 14.9 Å². The summed E-state index contributed by atoms with van der Waals surface area (Å²) in [6.45, 7) is 5.97. The van der Waals surface area contributed by atoms with Crippen LogP contribution in [0.15, 0.2) is 39.9 Å². The molecule has 0 bridgehead atoms. The molecule has 8 nitrogen and oxygen atoms in total. The van der Waals surface area contributed by atoms with Crippen molar-refractivity contribution in [3.8, 4) is 0 Å². The largest absolute Gasteiger partial charge is 0.464 e. The highest BCUT2D eigenvalue weighted by atomic mass is 16.6. The topological polar surface area (TPSA) is 102 Å². The molecule has 0 radical (unpaired) electrons. The Morgan fingerprint density at radius 1 is 1.36 bits per heavy atom. The maximum Gasteiger partial charge on any atom is 0.270 e. The SMILES string of the molecule is CC(C)c1ncc2c(n1)CCN(Cc1coc3ccc([N+](=O)[O-])cc3c1=O)C2. The number of aromatic nitrogens is 2. The van der Waals surface area contributed by atoms with Gasteiger partial charge in [0.2, 0.25) is 0 Å². The quantitative estimate of drug-likeness (QED) is 0.506. The molecule has 0 atom stereocenters. The molecule has 0 amide bonds. The fourth-order valence-electron chi connectivity index (χ4n) is 3.43. The van der Waals surface area contributed by atoms with Crippen LogP contribution in [0.1, 0.15) is 42.4 Å². The van der Waals surface area contributed by atoms with Crippen LogP contribution in [0.25, 0.3) is 11.0 Å². The van der Waals surface area contributed by atoms with E-state index in [9.17, 15) is 14.9 Å². The molecule has 0 unspecified atom stereocenters. The molecule has 2 aromatic heterocycles. The summed E-state index contributed by atoms with van der Waals surface area (Å²) in [5, 5.41) is 11.2. The third-order valence-electron chi connectivity index (χ3n) is 4.98. The molecule has 1 aliphatic heterocycles. The molecule has 28 heavy (non-hydrogen) atoms. The minimum absolute atomic E-state index is 0.123. The van der Waals surface area contributed by atoms with Crippen LogP contribution < -0.4 is 5.43 Å². The number of fused-ring (bicyclic) bond motifs is 2. The third kappa shape index (κ3) is 3.38. The summed E-state index contributed by atoms with van der Waals surface area (Å²) < 4.78 is 5.54. The Hall–Kier alpha value is -3.13. The van der Waals surface area contributed by atoms with Gasteiger partial charge < -0.3 is 4.42 Å². The average molecular weight is 380 g/mol. The molecule has 0 N–H and O–H groups in total. The van der Waals surface area contributed by atoms with Crippen LogP contribution >= 0.6 is 0 Å². The van der Waals surface area contributed by atoms with E-state index < -0.39 is 4.92 Å². The van der Waals surface area contributed by atoms with Crippen LogP contribution in [0.2, 0.25) is 0 Å². The van der Waals surface area contributed by atoms with Crippen molar-refractivity contribution in [3.63, 3.8) is 0 Å². The number of nitro benzene ring substituents is 1. The molecule has 4 rings (SSSR count). The molecule has 1 aromatic carbocycles. The summed E-state index contributed by atoms with van der Waals surface area (Å²) in [5.74, 6) is 1.14. The highest BCUT2D eigenvalue weighted by Crippen LogP contribution is 2.22. The van der Waals surface area contributed by atoms with Crippen molar-refractivity contribution in [2.24, 2.45) is 0 Å². The molecule has 0 aliphatic carbocycles. The standard InChI is InChI=1S/C20H20N4O4/c1-12(2)20-21-8-13-9-23(6-5-17(13)22-20)10-14-11-28-18-4-3-15(24(26)27)7-16(18)19(14)25/h3-4,7-8,11-12H,5-6,9-10H2,1-2H3. The summed E-state index contributed by atoms with van der Waals surface area (Å²) >= 11 is 0. The molecule has 0 saturated carbocycles. The molecular formula is C20H20N4O4. The average Bonchev–Trinajstić information content (AvgIpc) is 2.69. The first-order valence-corrected chi connectivity index (χ1v) is 9.18. The Morgan fingerprint density at radius 2 is 2.18 bits per heavy atom. The van der Waals surface area contributed by atoms with E-state index in [1.54, 1.807) is 0 Å². The van der Waals surface area contributed by atoms with Crippen LogP contribution in [0.5, 0.6) is 0 Å². The van der Waals surface area contributed by atoms with Gasteiger partial charge in [-0.1, -0.05) is 13.8 Å². The first-order valence-electron chi connectivity index (χ1n) is 9.18. The van der Waals surface area contributed by atoms with E-state index in [2.05, 4.69) is 28.7 Å². The van der Waals surface area contributed by atoms with Gasteiger partial charge in [0.25, 0.3) is 5.69 Å². The Labute approximate surface area is 161 Å². The summed E-state index contributed by atoms with van der Waals surface area (Å²) in [7, 11) is 0. The number of nitro groups is 1. The minimum Gasteiger partial charge on any atom is -0.464 e. The van der Waals surface area contributed by atoms with E-state index in [0.717, 1.165) is 30.0 Å². The summed E-state index contributed by atoms with van der Waals surface area (Å²) in [5.41, 5.74) is 2.60. The number of hydrogen-bond acceptors (Lipinski definition) is 7. The van der Waals surface area contributed by atoms with Gasteiger partial charge in [0.15, 0.2) is 5.43 Å². The number of benzene rings is 1. The Balaban J connectivity index is 1.59. The highest BCUT2D eigenvalue weighted by molar-refractivity contribution is 5.79. The van der Waals surface area contributed by atoms with Crippen molar-refractivity contribution in [3.05, 3.63) is 73.6 Å². The lowest BCUT2D eigenvalue weighted by molar-refractivity contribution is -0.384. The fraction of sp³-hybridized carbons (Fsp3) is 0.350. The van der Waals surface area contributed by atoms with E-state index in [1.807, 2.05) is 6.20 Å². The number of rotatable bonds is 4. The Kier molecular flexibility index (Phi) is 4.64. The van der Waals surface area contributed by atoms with Crippen LogP contribution in [-0.4, -0.2) is 26.3 Å². The monoisotopic (exact) mass is 380 g/mol. The molecule has 1 aliphatic rings. The zero-order valence-electron chi connectivity index (χ0n) is 15.7. The molecule has 0 spiro atoms. The number of hydrogen-bond donors (Lipinski definition) is 0. The maximum atomic E-state index is 12.8. The van der Waals surface area contributed by atoms with E-state index in [0.29, 0.717) is 24.2 Å². The van der Waals surface area contributed by atoms with Crippen LogP contribution in [0.3, 0.4) is 0 Å². The zero-order chi connectivity index (χ0) is 19.8. The van der Waals surface area contributed by atoms with E-state index in [4.69, 9.17) is 4.42 Å². The van der Waals surface area contributed by atoms with Gasteiger partial charge in [-0.15, -0.1) is 0 Å². The normalized spacial score (nSPS) is 14.4. The molecule has 0 fully saturated rings. The third-order valence-corrected chi connectivity index (χ3v) is 4.98. The zero-order valence-corrected chi connectivity index (χ0v) is 15.7. The van der Waals surface area contributed by atoms with Gasteiger partial charge in [0.05, 0.1) is 16.6 Å². The van der Waals surface area contributed by atoms with Crippen molar-refractivity contribution < 1.29 is 9.34 Å². The van der Waals surface area contributed by atoms with Crippen LogP contribution in [0, 0.1) is 10.1 Å². The molecule has 8 heteroatoms. The van der Waals surface area contributed by atoms with Gasteiger partial charge in [0.1, 0.15) is 11.4 Å². The van der Waals surface area contributed by atoms with Gasteiger partial charge >= 0.3 is 0 Å². The molecule has 0 saturated heterocycles. The van der Waals surface area contributed by atoms with Gasteiger partial charge in [-0.3, -0.25) is 19.8 Å². The highest BCUT2D eigenvalue weighted by Gasteiger charge is 2.21. The summed E-state index contributed by atoms with van der Waals surface area (Å²) in [4.78, 5) is 34.5. The van der Waals surface area contributed by atoms with Crippen LogP contribution in [-0.2, 0) is 19.5 Å². The maximum absolute atomic E-state index is 12.8. The molecule has 144 valence electrons. The predicted octanol–water partition coefficient (Wildman–Crippen LogP) is 3.17. The summed E-state index contributed by atoms with van der Waals surface area (Å²) in [6.07, 6.45) is 4.11. The van der Waals surface area contributed by atoms with E-state index in [-0.39, 0.29) is 22.4 Å². The lowest BCUT2D eigenvalue weighted by Gasteiger charge is -2.28. The predicted molar refractivity (Wildman–Crippen MR) is 103 cm³/mol. The van der Waals surface area contributed by atoms with Gasteiger partial charge in [0, 0.05) is 67.1 Å². The van der Waals surface area contributed by atoms with E-state index >= 15 is 0 Å². The van der Waals surface area contributed by atoms with Crippen LogP contribution in [0.4, 0.5) is 5.69 Å². The molecule has 3 aromatic rings. The Morgan fingerprint density at radius 3 is 2.93 bits per heavy atom. The van der Waals surface area contributed by atoms with Gasteiger partial charge in [-0.05, 0) is 6.07 Å². The van der Waals surface area contributed by atoms with Crippen molar-refractivity contribution >= 4 is 16.7 Å². The van der Waals surface area contributed by atoms with Crippen molar-refractivity contribution in [2.75, 3.05) is 6.54 Å². The smallest absolute Gasteiger partial charge is 0.270 e. The van der Waals surface area contributed by atoms with Crippen molar-refractivity contribution in [1.29, 1.82) is 0 Å². The molecule has 3 heterocycles. The second-order valence-corrected chi connectivity index (χ2v) is 7.34. The first kappa shape index (κ1) is 18.2. The Bertz CT molecular complexity index is 1120.